The van der Waals surface area contributed by atoms with Crippen LogP contribution in [0.25, 0.3) is 6.08 Å². The molecular weight excluding hydrogens is 312 g/mol. The van der Waals surface area contributed by atoms with Gasteiger partial charge in [-0.15, -0.1) is 6.58 Å². The molecule has 0 saturated carbocycles. The molecule has 1 fully saturated rings. The van der Waals surface area contributed by atoms with E-state index in [1.54, 1.807) is 12.2 Å². The van der Waals surface area contributed by atoms with Crippen LogP contribution in [0.3, 0.4) is 0 Å². The molecule has 0 aromatic heterocycles. The summed E-state index contributed by atoms with van der Waals surface area (Å²) >= 11 is 0.922. The van der Waals surface area contributed by atoms with Crippen LogP contribution in [0.1, 0.15) is 18.4 Å². The van der Waals surface area contributed by atoms with E-state index in [2.05, 4.69) is 11.9 Å². The fourth-order valence-corrected chi connectivity index (χ4v) is 2.89. The fourth-order valence-electron chi connectivity index (χ4n) is 2.02. The molecule has 120 valence electrons. The predicted octanol–water partition coefficient (Wildman–Crippen LogP) is 2.81. The summed E-state index contributed by atoms with van der Waals surface area (Å²) in [7, 11) is 0. The summed E-state index contributed by atoms with van der Waals surface area (Å²) in [6.45, 7) is 3.99. The Morgan fingerprint density at radius 2 is 2.00 bits per heavy atom. The summed E-state index contributed by atoms with van der Waals surface area (Å²) in [5.41, 5.74) is 0.871. The maximum absolute atomic E-state index is 12.3. The highest BCUT2D eigenvalue weighted by molar-refractivity contribution is 8.18. The van der Waals surface area contributed by atoms with E-state index >= 15 is 0 Å². The minimum atomic E-state index is -0.316. The number of imide groups is 1. The molecule has 0 bridgehead atoms. The van der Waals surface area contributed by atoms with Crippen LogP contribution >= 0.6 is 11.8 Å². The average molecular weight is 330 g/mol. The molecule has 1 aromatic carbocycles. The highest BCUT2D eigenvalue weighted by atomic mass is 32.2. The van der Waals surface area contributed by atoms with Crippen LogP contribution in [0.4, 0.5) is 4.79 Å². The Balaban J connectivity index is 1.90. The summed E-state index contributed by atoms with van der Waals surface area (Å²) in [4.78, 5) is 37.2. The van der Waals surface area contributed by atoms with Gasteiger partial charge in [-0.2, -0.15) is 0 Å². The molecule has 1 N–H and O–H groups in total. The van der Waals surface area contributed by atoms with Crippen molar-refractivity contribution >= 4 is 34.9 Å². The molecule has 0 atom stereocenters. The molecule has 0 aliphatic carbocycles. The van der Waals surface area contributed by atoms with Gasteiger partial charge in [-0.25, -0.2) is 0 Å². The van der Waals surface area contributed by atoms with Gasteiger partial charge in [-0.1, -0.05) is 36.4 Å². The second-order valence-corrected chi connectivity index (χ2v) is 5.91. The predicted molar refractivity (Wildman–Crippen MR) is 91.6 cm³/mol. The molecule has 5 nitrogen and oxygen atoms in total. The lowest BCUT2D eigenvalue weighted by Gasteiger charge is -2.12. The second-order valence-electron chi connectivity index (χ2n) is 4.92. The van der Waals surface area contributed by atoms with Crippen molar-refractivity contribution in [2.75, 3.05) is 13.1 Å². The van der Waals surface area contributed by atoms with Crippen molar-refractivity contribution in [1.82, 2.24) is 10.2 Å². The van der Waals surface area contributed by atoms with E-state index < -0.39 is 0 Å². The zero-order valence-electron chi connectivity index (χ0n) is 12.7. The smallest absolute Gasteiger partial charge is 0.293 e. The van der Waals surface area contributed by atoms with Gasteiger partial charge in [-0.3, -0.25) is 19.3 Å². The molecule has 1 saturated heterocycles. The lowest BCUT2D eigenvalue weighted by Crippen LogP contribution is -2.37. The minimum Gasteiger partial charge on any atom is -0.354 e. The van der Waals surface area contributed by atoms with E-state index in [4.69, 9.17) is 0 Å². The number of carbonyl (C=O) groups is 3. The lowest BCUT2D eigenvalue weighted by atomic mass is 10.2. The van der Waals surface area contributed by atoms with Crippen molar-refractivity contribution in [3.8, 4) is 0 Å². The van der Waals surface area contributed by atoms with Gasteiger partial charge in [0.15, 0.2) is 0 Å². The number of hydrogen-bond donors (Lipinski definition) is 1. The van der Waals surface area contributed by atoms with Gasteiger partial charge in [0.25, 0.3) is 11.1 Å². The summed E-state index contributed by atoms with van der Waals surface area (Å²) in [5, 5.41) is 2.38. The molecular formula is C17H18N2O3S. The Labute approximate surface area is 139 Å². The van der Waals surface area contributed by atoms with Gasteiger partial charge < -0.3 is 5.32 Å². The van der Waals surface area contributed by atoms with E-state index in [9.17, 15) is 14.4 Å². The van der Waals surface area contributed by atoms with Crippen molar-refractivity contribution < 1.29 is 14.4 Å². The van der Waals surface area contributed by atoms with Crippen LogP contribution < -0.4 is 5.32 Å². The Hall–Kier alpha value is -2.34. The molecule has 0 spiro atoms. The van der Waals surface area contributed by atoms with Gasteiger partial charge in [0, 0.05) is 19.5 Å². The Kier molecular flexibility index (Phi) is 6.17. The summed E-state index contributed by atoms with van der Waals surface area (Å²) in [6, 6.07) is 9.36. The van der Waals surface area contributed by atoms with Crippen molar-refractivity contribution in [1.29, 1.82) is 0 Å². The molecule has 0 radical (unpaired) electrons. The van der Waals surface area contributed by atoms with E-state index in [0.717, 1.165) is 22.2 Å². The van der Waals surface area contributed by atoms with Crippen molar-refractivity contribution in [2.45, 2.75) is 12.8 Å². The van der Waals surface area contributed by atoms with Gasteiger partial charge in [0.1, 0.15) is 0 Å². The first-order valence-corrected chi connectivity index (χ1v) is 8.11. The standard InChI is InChI=1S/C17H18N2O3S/c1-2-3-9-15(20)18-10-11-19-16(21)14(23-17(19)22)12-13-7-5-4-6-8-13/h2,4-8,12H,1,3,9-11H2,(H,18,20). The summed E-state index contributed by atoms with van der Waals surface area (Å²) in [5.74, 6) is -0.430. The third-order valence-corrected chi connectivity index (χ3v) is 4.11. The highest BCUT2D eigenvalue weighted by Crippen LogP contribution is 2.31. The Bertz CT molecular complexity index is 640. The number of carbonyl (C=O) groups excluding carboxylic acids is 3. The van der Waals surface area contributed by atoms with E-state index in [0.29, 0.717) is 17.7 Å². The second kappa shape index (κ2) is 8.33. The maximum Gasteiger partial charge on any atom is 0.293 e. The fraction of sp³-hybridized carbons (Fsp3) is 0.235. The monoisotopic (exact) mass is 330 g/mol. The Morgan fingerprint density at radius 1 is 1.26 bits per heavy atom. The van der Waals surface area contributed by atoms with E-state index in [1.165, 1.54) is 0 Å². The first-order valence-electron chi connectivity index (χ1n) is 7.30. The van der Waals surface area contributed by atoms with Gasteiger partial charge in [0.2, 0.25) is 5.91 Å². The average Bonchev–Trinajstić information content (AvgIpc) is 2.81. The maximum atomic E-state index is 12.3. The lowest BCUT2D eigenvalue weighted by molar-refractivity contribution is -0.124. The van der Waals surface area contributed by atoms with Crippen molar-refractivity contribution in [3.63, 3.8) is 0 Å². The van der Waals surface area contributed by atoms with Crippen LogP contribution in [0.2, 0.25) is 0 Å². The number of thioether (sulfide) groups is 1. The molecule has 23 heavy (non-hydrogen) atoms. The first kappa shape index (κ1) is 17.0. The zero-order valence-corrected chi connectivity index (χ0v) is 13.5. The highest BCUT2D eigenvalue weighted by Gasteiger charge is 2.34. The number of rotatable bonds is 7. The van der Waals surface area contributed by atoms with Gasteiger partial charge >= 0.3 is 0 Å². The van der Waals surface area contributed by atoms with Gasteiger partial charge in [-0.05, 0) is 29.8 Å². The normalized spacial score (nSPS) is 16.0. The number of amides is 3. The van der Waals surface area contributed by atoms with E-state index in [-0.39, 0.29) is 30.1 Å². The molecule has 6 heteroatoms. The van der Waals surface area contributed by atoms with Crippen LogP contribution in [0.5, 0.6) is 0 Å². The largest absolute Gasteiger partial charge is 0.354 e. The number of nitrogens with zero attached hydrogens (tertiary/aromatic N) is 1. The summed E-state index contributed by atoms with van der Waals surface area (Å²) < 4.78 is 0. The molecule has 2 rings (SSSR count). The molecule has 1 heterocycles. The van der Waals surface area contributed by atoms with Gasteiger partial charge in [0.05, 0.1) is 4.91 Å². The first-order chi connectivity index (χ1) is 11.1. The topological polar surface area (TPSA) is 66.5 Å². The SMILES string of the molecule is C=CCCC(=O)NCCN1C(=O)SC(=Cc2ccccc2)C1=O. The van der Waals surface area contributed by atoms with Crippen molar-refractivity contribution in [2.24, 2.45) is 0 Å². The quantitative estimate of drug-likeness (QED) is 0.617. The van der Waals surface area contributed by atoms with Crippen LogP contribution in [0, 0.1) is 0 Å². The summed E-state index contributed by atoms with van der Waals surface area (Å²) in [6.07, 6.45) is 4.34. The number of allylic oxidation sites excluding steroid dienone is 1. The Morgan fingerprint density at radius 3 is 2.70 bits per heavy atom. The molecule has 1 aliphatic heterocycles. The minimum absolute atomic E-state index is 0.114. The van der Waals surface area contributed by atoms with E-state index in [1.807, 2.05) is 30.3 Å². The third-order valence-electron chi connectivity index (χ3n) is 3.20. The molecule has 3 amide bonds. The van der Waals surface area contributed by atoms with Crippen LogP contribution in [-0.2, 0) is 9.59 Å². The molecule has 0 unspecified atom stereocenters. The van der Waals surface area contributed by atoms with Crippen molar-refractivity contribution in [3.05, 3.63) is 53.5 Å². The zero-order chi connectivity index (χ0) is 16.7. The molecule has 1 aromatic rings. The third kappa shape index (κ3) is 4.82. The van der Waals surface area contributed by atoms with Crippen LogP contribution in [0.15, 0.2) is 47.9 Å². The number of hydrogen-bond acceptors (Lipinski definition) is 4. The number of benzene rings is 1. The number of nitrogens with one attached hydrogen (secondary N) is 1. The molecule has 1 aliphatic rings. The van der Waals surface area contributed by atoms with Crippen LogP contribution in [-0.4, -0.2) is 35.0 Å².